The molecule has 0 N–H and O–H groups in total. The molecule has 1 heterocycles. The number of nitro groups is 1. The molecule has 0 unspecified atom stereocenters. The Morgan fingerprint density at radius 2 is 2.07 bits per heavy atom. The van der Waals surface area contributed by atoms with E-state index in [-0.39, 0.29) is 5.69 Å². The topological polar surface area (TPSA) is 56.0 Å². The summed E-state index contributed by atoms with van der Waals surface area (Å²) in [5, 5.41) is 9.94. The Hall–Kier alpha value is -1.31. The largest absolute Gasteiger partial charge is 0.447 e. The maximum Gasteiger partial charge on any atom is 0.447 e. The second-order valence-electron chi connectivity index (χ2n) is 2.61. The van der Waals surface area contributed by atoms with Crippen molar-refractivity contribution in [1.29, 1.82) is 0 Å². The first-order chi connectivity index (χ1) is 6.78. The summed E-state index contributed by atoms with van der Waals surface area (Å²) in [6.07, 6.45) is 0. The highest BCUT2D eigenvalue weighted by atomic mass is 32.2. The lowest BCUT2D eigenvalue weighted by Crippen LogP contribution is -2.01. The molecule has 0 aliphatic rings. The lowest BCUT2D eigenvalue weighted by molar-refractivity contribution is -0.385. The monoisotopic (exact) mass is 238 g/mol. The van der Waals surface area contributed by atoms with Gasteiger partial charge in [0.15, 0.2) is 0 Å². The van der Waals surface area contributed by atoms with Gasteiger partial charge in [0.05, 0.1) is 4.92 Å². The summed E-state index contributed by atoms with van der Waals surface area (Å²) in [4.78, 5) is 13.1. The molecule has 1 aromatic heterocycles. The van der Waals surface area contributed by atoms with E-state index < -0.39 is 32.9 Å². The van der Waals surface area contributed by atoms with Crippen molar-refractivity contribution in [2.75, 3.05) is 0 Å². The zero-order valence-corrected chi connectivity index (χ0v) is 8.22. The molecule has 0 saturated heterocycles. The van der Waals surface area contributed by atoms with Crippen molar-refractivity contribution in [1.82, 2.24) is 4.98 Å². The van der Waals surface area contributed by atoms with Gasteiger partial charge in [-0.3, -0.25) is 10.1 Å². The van der Waals surface area contributed by atoms with E-state index in [1.165, 1.54) is 6.92 Å². The van der Waals surface area contributed by atoms with Crippen molar-refractivity contribution in [3.05, 3.63) is 27.9 Å². The Morgan fingerprint density at radius 1 is 1.47 bits per heavy atom. The molecule has 15 heavy (non-hydrogen) atoms. The van der Waals surface area contributed by atoms with E-state index in [0.29, 0.717) is 0 Å². The van der Waals surface area contributed by atoms with Crippen LogP contribution in [0.2, 0.25) is 0 Å². The molecule has 82 valence electrons. The van der Waals surface area contributed by atoms with Crippen LogP contribution < -0.4 is 0 Å². The van der Waals surface area contributed by atoms with Gasteiger partial charge < -0.3 is 0 Å². The molecule has 0 aliphatic carbocycles. The van der Waals surface area contributed by atoms with Crippen molar-refractivity contribution >= 4 is 17.4 Å². The smallest absolute Gasteiger partial charge is 0.258 e. The molecule has 0 fully saturated rings. The van der Waals surface area contributed by atoms with Gasteiger partial charge >= 0.3 is 5.51 Å². The minimum atomic E-state index is -4.49. The average Bonchev–Trinajstić information content (AvgIpc) is 1.99. The minimum absolute atomic E-state index is 0.177. The Balaban J connectivity index is 3.04. The van der Waals surface area contributed by atoms with Gasteiger partial charge in [-0.15, -0.1) is 0 Å². The normalized spacial score (nSPS) is 11.5. The zero-order chi connectivity index (χ0) is 11.6. The highest BCUT2D eigenvalue weighted by Gasteiger charge is 2.30. The fourth-order valence-electron chi connectivity index (χ4n) is 0.897. The third-order valence-electron chi connectivity index (χ3n) is 1.35. The number of rotatable bonds is 2. The van der Waals surface area contributed by atoms with Gasteiger partial charge in [-0.2, -0.15) is 13.2 Å². The number of halogens is 3. The molecular weight excluding hydrogens is 233 g/mol. The van der Waals surface area contributed by atoms with Crippen LogP contribution in [-0.4, -0.2) is 15.4 Å². The second-order valence-corrected chi connectivity index (χ2v) is 3.70. The van der Waals surface area contributed by atoms with Crippen LogP contribution in [0.25, 0.3) is 0 Å². The molecule has 8 heteroatoms. The summed E-state index contributed by atoms with van der Waals surface area (Å²) < 4.78 is 35.9. The first-order valence-electron chi connectivity index (χ1n) is 3.67. The van der Waals surface area contributed by atoms with E-state index in [4.69, 9.17) is 0 Å². The maximum atomic E-state index is 12.0. The maximum absolute atomic E-state index is 12.0. The number of nitrogens with zero attached hydrogens (tertiary/aromatic N) is 2. The first kappa shape index (κ1) is 11.8. The van der Waals surface area contributed by atoms with Crippen LogP contribution >= 0.6 is 11.8 Å². The van der Waals surface area contributed by atoms with E-state index in [1.807, 2.05) is 0 Å². The Labute approximate surface area is 86.7 Å². The molecule has 0 saturated carbocycles. The SMILES string of the molecule is Cc1cc([N+](=O)[O-])cc(SC(F)(F)F)n1. The minimum Gasteiger partial charge on any atom is -0.258 e. The lowest BCUT2D eigenvalue weighted by atomic mass is 10.3. The van der Waals surface area contributed by atoms with Crippen molar-refractivity contribution in [3.63, 3.8) is 0 Å². The van der Waals surface area contributed by atoms with E-state index in [1.54, 1.807) is 0 Å². The number of hydrogen-bond acceptors (Lipinski definition) is 4. The average molecular weight is 238 g/mol. The molecule has 1 rings (SSSR count). The molecular formula is C7H5F3N2O2S. The van der Waals surface area contributed by atoms with E-state index >= 15 is 0 Å². The summed E-state index contributed by atoms with van der Waals surface area (Å²) in [5.41, 5.74) is -4.71. The highest BCUT2D eigenvalue weighted by molar-refractivity contribution is 8.00. The summed E-state index contributed by atoms with van der Waals surface area (Å²) in [6, 6.07) is 1.91. The fraction of sp³-hybridized carbons (Fsp3) is 0.286. The number of aromatic nitrogens is 1. The molecule has 0 spiro atoms. The highest BCUT2D eigenvalue weighted by Crippen LogP contribution is 2.36. The molecule has 0 aromatic carbocycles. The van der Waals surface area contributed by atoms with Gasteiger partial charge in [-0.05, 0) is 6.92 Å². The summed E-state index contributed by atoms with van der Waals surface area (Å²) in [5.74, 6) is 0. The standard InChI is InChI=1S/C7H5F3N2O2S/c1-4-2-5(12(13)14)3-6(11-4)15-7(8,9)10/h2-3H,1H3. The van der Waals surface area contributed by atoms with Gasteiger partial charge in [0.2, 0.25) is 0 Å². The van der Waals surface area contributed by atoms with Gasteiger partial charge in [0.25, 0.3) is 5.69 Å². The third kappa shape index (κ3) is 3.74. The Kier molecular flexibility index (Phi) is 3.18. The molecule has 0 radical (unpaired) electrons. The van der Waals surface area contributed by atoms with Gasteiger partial charge in [0, 0.05) is 29.6 Å². The van der Waals surface area contributed by atoms with Crippen LogP contribution in [0.5, 0.6) is 0 Å². The summed E-state index contributed by atoms with van der Waals surface area (Å²) in [7, 11) is 0. The van der Waals surface area contributed by atoms with Crippen LogP contribution in [0.4, 0.5) is 18.9 Å². The zero-order valence-electron chi connectivity index (χ0n) is 7.41. The van der Waals surface area contributed by atoms with Gasteiger partial charge in [-0.1, -0.05) is 0 Å². The van der Waals surface area contributed by atoms with Crippen LogP contribution in [0.15, 0.2) is 17.2 Å². The molecule has 0 bridgehead atoms. The second kappa shape index (κ2) is 4.05. The molecule has 1 aromatic rings. The number of aryl methyl sites for hydroxylation is 1. The van der Waals surface area contributed by atoms with Crippen LogP contribution in [0.1, 0.15) is 5.69 Å². The van der Waals surface area contributed by atoms with E-state index in [9.17, 15) is 23.3 Å². The first-order valence-corrected chi connectivity index (χ1v) is 4.48. The fourth-order valence-corrected chi connectivity index (χ4v) is 1.50. The Bertz CT molecular complexity index is 394. The predicted molar refractivity (Wildman–Crippen MR) is 47.5 cm³/mol. The predicted octanol–water partition coefficient (Wildman–Crippen LogP) is 2.91. The van der Waals surface area contributed by atoms with Gasteiger partial charge in [0.1, 0.15) is 5.03 Å². The summed E-state index contributed by atoms with van der Waals surface area (Å²) in [6.45, 7) is 1.40. The number of hydrogen-bond donors (Lipinski definition) is 0. The Morgan fingerprint density at radius 3 is 2.53 bits per heavy atom. The number of pyridine rings is 1. The van der Waals surface area contributed by atoms with Crippen molar-refractivity contribution in [3.8, 4) is 0 Å². The van der Waals surface area contributed by atoms with E-state index in [2.05, 4.69) is 4.98 Å². The molecule has 0 amide bonds. The van der Waals surface area contributed by atoms with Crippen LogP contribution in [-0.2, 0) is 0 Å². The molecule has 0 aliphatic heterocycles. The van der Waals surface area contributed by atoms with E-state index in [0.717, 1.165) is 12.1 Å². The molecule has 4 nitrogen and oxygen atoms in total. The number of alkyl halides is 3. The quantitative estimate of drug-likeness (QED) is 0.451. The van der Waals surface area contributed by atoms with Crippen LogP contribution in [0, 0.1) is 17.0 Å². The lowest BCUT2D eigenvalue weighted by Gasteiger charge is -2.04. The van der Waals surface area contributed by atoms with Crippen molar-refractivity contribution in [2.45, 2.75) is 17.5 Å². The van der Waals surface area contributed by atoms with Crippen LogP contribution in [0.3, 0.4) is 0 Å². The van der Waals surface area contributed by atoms with Crippen molar-refractivity contribution in [2.24, 2.45) is 0 Å². The summed E-state index contributed by atoms with van der Waals surface area (Å²) >= 11 is -0.469. The third-order valence-corrected chi connectivity index (χ3v) is 2.00. The van der Waals surface area contributed by atoms with Crippen molar-refractivity contribution < 1.29 is 18.1 Å². The molecule has 0 atom stereocenters. The van der Waals surface area contributed by atoms with Gasteiger partial charge in [-0.25, -0.2) is 4.98 Å². The number of thioether (sulfide) groups is 1.